The molecule has 32 heavy (non-hydrogen) atoms. The number of aliphatic hydroxyl groups excluding tert-OH is 2. The predicted molar refractivity (Wildman–Crippen MR) is 132 cm³/mol. The van der Waals surface area contributed by atoms with Gasteiger partial charge in [0.05, 0.1) is 12.2 Å². The first-order chi connectivity index (χ1) is 14.9. The standard InChI is InChI=1S/C29H44O3/c1-19(9-7-11-27(32)28(3,4)5)24-14-15-25-21(10-8-16-29(24,25)6)12-13-22-17-23(30)18-26(31)20(22)2/h7,11-13,19,23-26,30-31H,2,8-10,14-18H2,1,3-6H3/b11-7-,21-12+,22-13-/t19-,23-,24?,25?,26+,29-/m1/s1. The second-order valence-electron chi connectivity index (χ2n) is 11.9. The minimum absolute atomic E-state index is 0.204. The molecule has 0 heterocycles. The molecule has 2 N–H and O–H groups in total. The van der Waals surface area contributed by atoms with Gasteiger partial charge in [-0.25, -0.2) is 0 Å². The average molecular weight is 441 g/mol. The Labute approximate surface area is 195 Å². The van der Waals surface area contributed by atoms with Crippen LogP contribution in [-0.2, 0) is 4.79 Å². The highest BCUT2D eigenvalue weighted by atomic mass is 16.3. The Bertz CT molecular complexity index is 809. The maximum absolute atomic E-state index is 12.2. The number of hydrogen-bond acceptors (Lipinski definition) is 3. The van der Waals surface area contributed by atoms with Gasteiger partial charge >= 0.3 is 0 Å². The molecule has 3 heteroatoms. The van der Waals surface area contributed by atoms with Crippen molar-refractivity contribution in [2.45, 2.75) is 98.2 Å². The predicted octanol–water partition coefficient (Wildman–Crippen LogP) is 6.33. The van der Waals surface area contributed by atoms with Crippen LogP contribution in [0.5, 0.6) is 0 Å². The monoisotopic (exact) mass is 440 g/mol. The highest BCUT2D eigenvalue weighted by Gasteiger charge is 2.50. The van der Waals surface area contributed by atoms with Gasteiger partial charge in [0.2, 0.25) is 0 Å². The summed E-state index contributed by atoms with van der Waals surface area (Å²) in [7, 11) is 0. The quantitative estimate of drug-likeness (QED) is 0.491. The van der Waals surface area contributed by atoms with E-state index in [9.17, 15) is 15.0 Å². The van der Waals surface area contributed by atoms with E-state index in [4.69, 9.17) is 0 Å². The molecule has 3 saturated carbocycles. The van der Waals surface area contributed by atoms with E-state index in [2.05, 4.69) is 38.7 Å². The van der Waals surface area contributed by atoms with Crippen LogP contribution in [0.3, 0.4) is 0 Å². The van der Waals surface area contributed by atoms with Crippen LogP contribution >= 0.6 is 0 Å². The van der Waals surface area contributed by atoms with Crippen LogP contribution < -0.4 is 0 Å². The fraction of sp³-hybridized carbons (Fsp3) is 0.690. The zero-order valence-electron chi connectivity index (χ0n) is 20.9. The van der Waals surface area contributed by atoms with Crippen LogP contribution in [0.2, 0.25) is 0 Å². The summed E-state index contributed by atoms with van der Waals surface area (Å²) in [6.45, 7) is 14.8. The third-order valence-corrected chi connectivity index (χ3v) is 8.51. The van der Waals surface area contributed by atoms with Crippen LogP contribution in [0.4, 0.5) is 0 Å². The lowest BCUT2D eigenvalue weighted by molar-refractivity contribution is -0.121. The van der Waals surface area contributed by atoms with Crippen molar-refractivity contribution in [2.75, 3.05) is 0 Å². The fourth-order valence-corrected chi connectivity index (χ4v) is 6.48. The van der Waals surface area contributed by atoms with Crippen LogP contribution in [0.15, 0.2) is 47.6 Å². The van der Waals surface area contributed by atoms with Crippen molar-refractivity contribution in [1.82, 2.24) is 0 Å². The molecule has 6 atom stereocenters. The molecule has 3 nitrogen and oxygen atoms in total. The van der Waals surface area contributed by atoms with E-state index in [0.717, 1.165) is 24.0 Å². The van der Waals surface area contributed by atoms with Crippen LogP contribution in [0, 0.1) is 28.6 Å². The van der Waals surface area contributed by atoms with E-state index in [-0.39, 0.29) is 11.2 Å². The van der Waals surface area contributed by atoms with Crippen molar-refractivity contribution >= 4 is 5.78 Å². The number of hydrogen-bond donors (Lipinski definition) is 2. The van der Waals surface area contributed by atoms with Crippen LogP contribution in [-0.4, -0.2) is 28.2 Å². The van der Waals surface area contributed by atoms with E-state index in [1.807, 2.05) is 20.8 Å². The van der Waals surface area contributed by atoms with Gasteiger partial charge < -0.3 is 10.2 Å². The summed E-state index contributed by atoms with van der Waals surface area (Å²) in [5.74, 6) is 2.05. The largest absolute Gasteiger partial charge is 0.393 e. The number of carbonyl (C=O) groups is 1. The molecule has 0 aromatic rings. The van der Waals surface area contributed by atoms with Gasteiger partial charge in [-0.3, -0.25) is 4.79 Å². The summed E-state index contributed by atoms with van der Waals surface area (Å²) in [6.07, 6.45) is 15.2. The van der Waals surface area contributed by atoms with Gasteiger partial charge in [0.15, 0.2) is 5.78 Å². The zero-order chi connectivity index (χ0) is 23.7. The molecule has 0 amide bonds. The summed E-state index contributed by atoms with van der Waals surface area (Å²) in [4.78, 5) is 12.2. The molecule has 3 rings (SSSR count). The van der Waals surface area contributed by atoms with Gasteiger partial charge in [-0.1, -0.05) is 65.0 Å². The molecule has 0 radical (unpaired) electrons. The number of allylic oxidation sites excluding steroid dienone is 5. The highest BCUT2D eigenvalue weighted by Crippen LogP contribution is 2.59. The molecule has 0 bridgehead atoms. The Kier molecular flexibility index (Phi) is 7.72. The average Bonchev–Trinajstić information content (AvgIpc) is 3.06. The minimum Gasteiger partial charge on any atom is -0.393 e. The lowest BCUT2D eigenvalue weighted by Gasteiger charge is -2.44. The normalized spacial score (nSPS) is 37.3. The van der Waals surface area contributed by atoms with E-state index >= 15 is 0 Å². The molecule has 3 aliphatic carbocycles. The topological polar surface area (TPSA) is 57.5 Å². The van der Waals surface area contributed by atoms with E-state index in [1.54, 1.807) is 6.08 Å². The van der Waals surface area contributed by atoms with Crippen molar-refractivity contribution in [1.29, 1.82) is 0 Å². The lowest BCUT2D eigenvalue weighted by atomic mass is 9.61. The van der Waals surface area contributed by atoms with Gasteiger partial charge in [-0.05, 0) is 85.3 Å². The van der Waals surface area contributed by atoms with E-state index < -0.39 is 12.2 Å². The Hall–Kier alpha value is -1.45. The summed E-state index contributed by atoms with van der Waals surface area (Å²) < 4.78 is 0. The number of ketones is 1. The van der Waals surface area contributed by atoms with Gasteiger partial charge in [-0.15, -0.1) is 0 Å². The van der Waals surface area contributed by atoms with Crippen LogP contribution in [0.25, 0.3) is 0 Å². The number of fused-ring (bicyclic) bond motifs is 1. The molecule has 2 unspecified atom stereocenters. The Morgan fingerprint density at radius 3 is 2.66 bits per heavy atom. The smallest absolute Gasteiger partial charge is 0.160 e. The maximum Gasteiger partial charge on any atom is 0.160 e. The van der Waals surface area contributed by atoms with Gasteiger partial charge in [0, 0.05) is 11.8 Å². The molecular weight excluding hydrogens is 396 g/mol. The van der Waals surface area contributed by atoms with E-state index in [0.29, 0.717) is 36.0 Å². The number of carbonyl (C=O) groups excluding carboxylic acids is 1. The number of aliphatic hydroxyl groups is 2. The molecule has 0 aliphatic heterocycles. The highest BCUT2D eigenvalue weighted by molar-refractivity contribution is 5.93. The molecule has 178 valence electrons. The third-order valence-electron chi connectivity index (χ3n) is 8.51. The van der Waals surface area contributed by atoms with E-state index in [1.165, 1.54) is 31.3 Å². The van der Waals surface area contributed by atoms with Crippen LogP contribution in [0.1, 0.15) is 86.0 Å². The van der Waals surface area contributed by atoms with Crippen molar-refractivity contribution in [3.05, 3.63) is 47.6 Å². The Morgan fingerprint density at radius 1 is 1.25 bits per heavy atom. The van der Waals surface area contributed by atoms with Gasteiger partial charge in [-0.2, -0.15) is 0 Å². The minimum atomic E-state index is -0.630. The second kappa shape index (κ2) is 9.81. The second-order valence-corrected chi connectivity index (χ2v) is 11.9. The third kappa shape index (κ3) is 5.37. The Balaban J connectivity index is 1.71. The number of rotatable bonds is 5. The lowest BCUT2D eigenvalue weighted by Crippen LogP contribution is -2.35. The summed E-state index contributed by atoms with van der Waals surface area (Å²) in [6, 6.07) is 0. The molecule has 3 aliphatic rings. The fourth-order valence-electron chi connectivity index (χ4n) is 6.48. The molecule has 0 saturated heterocycles. The van der Waals surface area contributed by atoms with Crippen molar-refractivity contribution < 1.29 is 15.0 Å². The summed E-state index contributed by atoms with van der Waals surface area (Å²) >= 11 is 0. The molecule has 3 fully saturated rings. The first-order valence-electron chi connectivity index (χ1n) is 12.6. The maximum atomic E-state index is 12.2. The van der Waals surface area contributed by atoms with Crippen molar-refractivity contribution in [3.8, 4) is 0 Å². The molecular formula is C29H44O3. The summed E-state index contributed by atoms with van der Waals surface area (Å²) in [5, 5.41) is 20.2. The first kappa shape index (κ1) is 25.2. The zero-order valence-corrected chi connectivity index (χ0v) is 20.9. The first-order valence-corrected chi connectivity index (χ1v) is 12.6. The molecule has 0 aromatic carbocycles. The SMILES string of the molecule is C=C1/C(=C\C=C2/CCC[C@@]3(C)C2CCC3[C@H](C)C/C=C\C(=O)C(C)(C)C)C[C@@H](O)C[C@@H]1O. The van der Waals surface area contributed by atoms with Gasteiger partial charge in [0.25, 0.3) is 0 Å². The molecule has 0 aromatic heterocycles. The molecule has 0 spiro atoms. The van der Waals surface area contributed by atoms with Crippen molar-refractivity contribution in [2.24, 2.45) is 28.6 Å². The summed E-state index contributed by atoms with van der Waals surface area (Å²) in [5.41, 5.74) is 3.29. The van der Waals surface area contributed by atoms with Crippen molar-refractivity contribution in [3.63, 3.8) is 0 Å². The van der Waals surface area contributed by atoms with Gasteiger partial charge in [0.1, 0.15) is 0 Å². The Morgan fingerprint density at radius 2 is 1.97 bits per heavy atom.